The fourth-order valence-corrected chi connectivity index (χ4v) is 6.06. The fourth-order valence-electron chi connectivity index (χ4n) is 6.06. The highest BCUT2D eigenvalue weighted by Crippen LogP contribution is 2.41. The number of hydrogen-bond donors (Lipinski definition) is 2. The molecule has 0 fully saturated rings. The SMILES string of the molecule is c1ccc(C2=NC(c3ccc(-c4ccc(-c5ccccc5)cc4)c4oc5ccccc5c34)NC(c3ccccc3)N2)cc1. The second kappa shape index (κ2) is 10.8. The lowest BCUT2D eigenvalue weighted by Crippen LogP contribution is -2.45. The van der Waals surface area contributed by atoms with Crippen molar-refractivity contribution in [2.75, 3.05) is 0 Å². The lowest BCUT2D eigenvalue weighted by Gasteiger charge is -2.32. The molecule has 4 nitrogen and oxygen atoms in total. The van der Waals surface area contributed by atoms with Crippen LogP contribution in [0, 0.1) is 0 Å². The molecule has 8 rings (SSSR count). The van der Waals surface area contributed by atoms with Gasteiger partial charge in [0.2, 0.25) is 0 Å². The minimum atomic E-state index is -0.292. The van der Waals surface area contributed by atoms with Gasteiger partial charge in [0.15, 0.2) is 0 Å². The van der Waals surface area contributed by atoms with Crippen LogP contribution < -0.4 is 10.6 Å². The van der Waals surface area contributed by atoms with Gasteiger partial charge in [-0.15, -0.1) is 0 Å². The summed E-state index contributed by atoms with van der Waals surface area (Å²) in [4.78, 5) is 5.23. The Labute approximate surface area is 250 Å². The maximum Gasteiger partial charge on any atom is 0.143 e. The third kappa shape index (κ3) is 4.68. The molecular weight excluding hydrogens is 526 g/mol. The van der Waals surface area contributed by atoms with Crippen LogP contribution in [0.25, 0.3) is 44.2 Å². The van der Waals surface area contributed by atoms with Gasteiger partial charge < -0.3 is 9.73 Å². The zero-order chi connectivity index (χ0) is 28.6. The van der Waals surface area contributed by atoms with Gasteiger partial charge in [0, 0.05) is 27.5 Å². The number of amidine groups is 1. The van der Waals surface area contributed by atoms with Crippen molar-refractivity contribution < 1.29 is 4.42 Å². The van der Waals surface area contributed by atoms with Crippen LogP contribution in [-0.2, 0) is 0 Å². The zero-order valence-electron chi connectivity index (χ0n) is 23.4. The van der Waals surface area contributed by atoms with Crippen LogP contribution in [0.3, 0.4) is 0 Å². The highest BCUT2D eigenvalue weighted by molar-refractivity contribution is 6.11. The Morgan fingerprint density at radius 1 is 0.535 bits per heavy atom. The van der Waals surface area contributed by atoms with Gasteiger partial charge in [-0.2, -0.15) is 0 Å². The summed E-state index contributed by atoms with van der Waals surface area (Å²) in [6.07, 6.45) is -0.406. The van der Waals surface area contributed by atoms with Crippen molar-refractivity contribution in [1.82, 2.24) is 10.6 Å². The van der Waals surface area contributed by atoms with E-state index in [1.807, 2.05) is 42.5 Å². The quantitative estimate of drug-likeness (QED) is 0.223. The van der Waals surface area contributed by atoms with Crippen LogP contribution in [0.4, 0.5) is 0 Å². The van der Waals surface area contributed by atoms with Crippen molar-refractivity contribution in [3.63, 3.8) is 0 Å². The van der Waals surface area contributed by atoms with Gasteiger partial charge in [0.1, 0.15) is 29.3 Å². The number of nitrogens with zero attached hydrogens (tertiary/aromatic N) is 1. The van der Waals surface area contributed by atoms with Gasteiger partial charge in [-0.25, -0.2) is 4.99 Å². The maximum atomic E-state index is 6.62. The maximum absolute atomic E-state index is 6.62. The van der Waals surface area contributed by atoms with E-state index in [0.717, 1.165) is 55.6 Å². The Bertz CT molecular complexity index is 2060. The van der Waals surface area contributed by atoms with Crippen LogP contribution in [0.1, 0.15) is 29.0 Å². The molecule has 0 saturated heterocycles. The van der Waals surface area contributed by atoms with Gasteiger partial charge in [-0.1, -0.05) is 146 Å². The number of fused-ring (bicyclic) bond motifs is 3. The lowest BCUT2D eigenvalue weighted by atomic mass is 9.95. The Hall–Kier alpha value is -5.45. The summed E-state index contributed by atoms with van der Waals surface area (Å²) >= 11 is 0. The minimum Gasteiger partial charge on any atom is -0.455 e. The van der Waals surface area contributed by atoms with Gasteiger partial charge >= 0.3 is 0 Å². The molecule has 6 aromatic carbocycles. The first-order chi connectivity index (χ1) is 21.3. The molecule has 0 radical (unpaired) electrons. The van der Waals surface area contributed by atoms with E-state index in [4.69, 9.17) is 9.41 Å². The molecular formula is C39H29N3O. The lowest BCUT2D eigenvalue weighted by molar-refractivity contribution is 0.410. The first-order valence-electron chi connectivity index (χ1n) is 14.6. The van der Waals surface area contributed by atoms with E-state index in [2.05, 4.69) is 120 Å². The molecule has 1 aliphatic heterocycles. The summed E-state index contributed by atoms with van der Waals surface area (Å²) in [5.41, 5.74) is 9.61. The van der Waals surface area contributed by atoms with Gasteiger partial charge in [0.25, 0.3) is 0 Å². The van der Waals surface area contributed by atoms with E-state index in [-0.39, 0.29) is 12.3 Å². The predicted molar refractivity (Wildman–Crippen MR) is 176 cm³/mol. The largest absolute Gasteiger partial charge is 0.455 e. The average Bonchev–Trinajstić information content (AvgIpc) is 3.49. The molecule has 2 atom stereocenters. The predicted octanol–water partition coefficient (Wildman–Crippen LogP) is 9.26. The minimum absolute atomic E-state index is 0.114. The fraction of sp³-hybridized carbons (Fsp3) is 0.0513. The summed E-state index contributed by atoms with van der Waals surface area (Å²) in [5, 5.41) is 9.59. The van der Waals surface area contributed by atoms with Crippen LogP contribution in [0.2, 0.25) is 0 Å². The van der Waals surface area contributed by atoms with E-state index < -0.39 is 0 Å². The van der Waals surface area contributed by atoms with Crippen molar-refractivity contribution in [1.29, 1.82) is 0 Å². The molecule has 0 saturated carbocycles. The Morgan fingerprint density at radius 3 is 1.88 bits per heavy atom. The molecule has 4 heteroatoms. The zero-order valence-corrected chi connectivity index (χ0v) is 23.4. The van der Waals surface area contributed by atoms with Crippen molar-refractivity contribution in [2.45, 2.75) is 12.3 Å². The standard InChI is InChI=1S/C39H29N3O/c1-4-12-26(13-5-1)27-20-22-28(23-21-27)31-24-25-33(35-32-18-10-11-19-34(32)43-36(31)35)39-41-37(29-14-6-2-7-15-29)40-38(42-39)30-16-8-3-9-17-30/h1-25,37,39,41H,(H,40,42). The molecule has 1 aliphatic rings. The van der Waals surface area contributed by atoms with Crippen LogP contribution in [0.15, 0.2) is 161 Å². The smallest absolute Gasteiger partial charge is 0.143 e. The molecule has 0 aliphatic carbocycles. The number of para-hydroxylation sites is 1. The highest BCUT2D eigenvalue weighted by Gasteiger charge is 2.28. The number of aliphatic imine (C=N–C) groups is 1. The number of furan rings is 1. The molecule has 206 valence electrons. The Balaban J connectivity index is 1.28. The highest BCUT2D eigenvalue weighted by atomic mass is 16.3. The number of rotatable bonds is 5. The topological polar surface area (TPSA) is 49.6 Å². The van der Waals surface area contributed by atoms with Crippen LogP contribution in [-0.4, -0.2) is 5.84 Å². The number of benzene rings is 6. The second-order valence-electron chi connectivity index (χ2n) is 10.8. The summed E-state index contributed by atoms with van der Waals surface area (Å²) in [7, 11) is 0. The third-order valence-electron chi connectivity index (χ3n) is 8.20. The Kier molecular flexibility index (Phi) is 6.32. The molecule has 0 spiro atoms. The Morgan fingerprint density at radius 2 is 1.14 bits per heavy atom. The van der Waals surface area contributed by atoms with Crippen molar-refractivity contribution in [2.24, 2.45) is 4.99 Å². The number of nitrogens with one attached hydrogen (secondary N) is 2. The van der Waals surface area contributed by atoms with E-state index >= 15 is 0 Å². The first kappa shape index (κ1) is 25.3. The van der Waals surface area contributed by atoms with Crippen molar-refractivity contribution >= 4 is 27.8 Å². The van der Waals surface area contributed by atoms with Gasteiger partial charge in [-0.3, -0.25) is 5.32 Å². The molecule has 2 heterocycles. The summed E-state index contributed by atoms with van der Waals surface area (Å²) in [6.45, 7) is 0. The first-order valence-corrected chi connectivity index (χ1v) is 14.6. The van der Waals surface area contributed by atoms with E-state index in [1.165, 1.54) is 11.1 Å². The van der Waals surface area contributed by atoms with E-state index in [0.29, 0.717) is 0 Å². The normalized spacial score (nSPS) is 16.6. The van der Waals surface area contributed by atoms with E-state index in [1.54, 1.807) is 0 Å². The van der Waals surface area contributed by atoms with E-state index in [9.17, 15) is 0 Å². The average molecular weight is 556 g/mol. The molecule has 43 heavy (non-hydrogen) atoms. The monoisotopic (exact) mass is 555 g/mol. The summed E-state index contributed by atoms with van der Waals surface area (Å²) < 4.78 is 6.62. The van der Waals surface area contributed by atoms with Gasteiger partial charge in [-0.05, 0) is 28.3 Å². The van der Waals surface area contributed by atoms with Crippen LogP contribution in [0.5, 0.6) is 0 Å². The van der Waals surface area contributed by atoms with Gasteiger partial charge in [0.05, 0.1) is 0 Å². The summed E-state index contributed by atoms with van der Waals surface area (Å²) in [5.74, 6) is 0.861. The van der Waals surface area contributed by atoms with Crippen molar-refractivity contribution in [3.8, 4) is 22.3 Å². The molecule has 2 unspecified atom stereocenters. The molecule has 2 N–H and O–H groups in total. The summed E-state index contributed by atoms with van der Waals surface area (Å²) in [6, 6.07) is 52.7. The molecule has 0 bridgehead atoms. The molecule has 7 aromatic rings. The molecule has 1 aromatic heterocycles. The second-order valence-corrected chi connectivity index (χ2v) is 10.8. The number of hydrogen-bond acceptors (Lipinski definition) is 4. The third-order valence-corrected chi connectivity index (χ3v) is 8.20. The van der Waals surface area contributed by atoms with Crippen molar-refractivity contribution in [3.05, 3.63) is 168 Å². The molecule has 0 amide bonds. The van der Waals surface area contributed by atoms with Crippen LogP contribution >= 0.6 is 0 Å².